The van der Waals surface area contributed by atoms with Crippen LogP contribution in [0.2, 0.25) is 0 Å². The Hall–Kier alpha value is -1.93. The van der Waals surface area contributed by atoms with Gasteiger partial charge in [-0.3, -0.25) is 9.35 Å². The van der Waals surface area contributed by atoms with Crippen molar-refractivity contribution in [2.24, 2.45) is 0 Å². The number of Topliss-reactive ketones (excluding diaryl/α,β-unsaturated/α-hetero) is 1. The molecule has 0 radical (unpaired) electrons. The Morgan fingerprint density at radius 3 is 2.00 bits per heavy atom. The van der Waals surface area contributed by atoms with Crippen molar-refractivity contribution in [3.63, 3.8) is 0 Å². The van der Waals surface area contributed by atoms with Crippen molar-refractivity contribution in [3.05, 3.63) is 23.3 Å². The standard InChI is InChI=1S/C9H8O7S/c1-4(10)6-2-5(17(14,15)16)3-7(8(6)11)9(12)13/h2-3,11H,1H3,(H,12,13)(H,14,15,16). The largest absolute Gasteiger partial charge is 0.506 e. The fourth-order valence-electron chi connectivity index (χ4n) is 1.19. The van der Waals surface area contributed by atoms with Gasteiger partial charge < -0.3 is 10.2 Å². The molecule has 17 heavy (non-hydrogen) atoms. The first-order valence-electron chi connectivity index (χ1n) is 4.23. The molecule has 0 bridgehead atoms. The molecule has 0 saturated heterocycles. The Bertz CT molecular complexity index is 565. The molecular formula is C9H8O7S. The predicted molar refractivity (Wildman–Crippen MR) is 54.9 cm³/mol. The molecule has 0 aliphatic heterocycles. The van der Waals surface area contributed by atoms with Crippen LogP contribution < -0.4 is 0 Å². The highest BCUT2D eigenvalue weighted by molar-refractivity contribution is 7.85. The van der Waals surface area contributed by atoms with Crippen LogP contribution in [0.25, 0.3) is 0 Å². The molecule has 0 unspecified atom stereocenters. The molecule has 0 fully saturated rings. The van der Waals surface area contributed by atoms with Crippen LogP contribution in [0, 0.1) is 0 Å². The molecule has 1 aromatic carbocycles. The average molecular weight is 260 g/mol. The van der Waals surface area contributed by atoms with Crippen molar-refractivity contribution in [2.45, 2.75) is 11.8 Å². The van der Waals surface area contributed by atoms with E-state index < -0.39 is 43.6 Å². The summed E-state index contributed by atoms with van der Waals surface area (Å²) in [5.41, 5.74) is -1.26. The smallest absolute Gasteiger partial charge is 0.339 e. The van der Waals surface area contributed by atoms with Crippen LogP contribution in [0.1, 0.15) is 27.6 Å². The fraction of sp³-hybridized carbons (Fsp3) is 0.111. The highest BCUT2D eigenvalue weighted by Gasteiger charge is 2.22. The van der Waals surface area contributed by atoms with E-state index in [9.17, 15) is 23.1 Å². The molecule has 92 valence electrons. The molecule has 0 saturated carbocycles. The third-order valence-corrected chi connectivity index (χ3v) is 2.82. The van der Waals surface area contributed by atoms with Crippen molar-refractivity contribution in [1.29, 1.82) is 0 Å². The van der Waals surface area contributed by atoms with E-state index in [1.807, 2.05) is 0 Å². The molecule has 0 spiro atoms. The third-order valence-electron chi connectivity index (χ3n) is 1.99. The van der Waals surface area contributed by atoms with Crippen LogP contribution in [0.15, 0.2) is 17.0 Å². The van der Waals surface area contributed by atoms with Gasteiger partial charge in [0.1, 0.15) is 11.3 Å². The summed E-state index contributed by atoms with van der Waals surface area (Å²) in [7, 11) is -4.66. The molecule has 8 heteroatoms. The number of carboxylic acid groups (broad SMARTS) is 1. The zero-order chi connectivity index (χ0) is 13.4. The first-order chi connectivity index (χ1) is 7.64. The van der Waals surface area contributed by atoms with Crippen LogP contribution in [0.5, 0.6) is 5.75 Å². The van der Waals surface area contributed by atoms with E-state index in [0.29, 0.717) is 12.1 Å². The van der Waals surface area contributed by atoms with E-state index in [1.54, 1.807) is 0 Å². The number of phenols is 1. The van der Waals surface area contributed by atoms with Gasteiger partial charge in [0.2, 0.25) is 0 Å². The minimum absolute atomic E-state index is 0.488. The van der Waals surface area contributed by atoms with Gasteiger partial charge >= 0.3 is 5.97 Å². The van der Waals surface area contributed by atoms with E-state index in [0.717, 1.165) is 6.92 Å². The maximum Gasteiger partial charge on any atom is 0.339 e. The van der Waals surface area contributed by atoms with Crippen LogP contribution >= 0.6 is 0 Å². The van der Waals surface area contributed by atoms with Crippen molar-refractivity contribution in [1.82, 2.24) is 0 Å². The second-order valence-electron chi connectivity index (χ2n) is 3.20. The van der Waals surface area contributed by atoms with Crippen LogP contribution in [0.3, 0.4) is 0 Å². The van der Waals surface area contributed by atoms with Gasteiger partial charge in [0, 0.05) is 0 Å². The third kappa shape index (κ3) is 2.60. The molecule has 0 aromatic heterocycles. The minimum Gasteiger partial charge on any atom is -0.506 e. The normalized spacial score (nSPS) is 11.2. The first-order valence-corrected chi connectivity index (χ1v) is 5.67. The summed E-state index contributed by atoms with van der Waals surface area (Å²) < 4.78 is 30.5. The van der Waals surface area contributed by atoms with Crippen LogP contribution in [0.4, 0.5) is 0 Å². The summed E-state index contributed by atoms with van der Waals surface area (Å²) in [6.07, 6.45) is 0. The van der Waals surface area contributed by atoms with Gasteiger partial charge in [0.25, 0.3) is 10.1 Å². The first kappa shape index (κ1) is 13.1. The molecule has 0 aliphatic carbocycles. The number of carboxylic acids is 1. The molecule has 7 nitrogen and oxygen atoms in total. The average Bonchev–Trinajstić information content (AvgIpc) is 2.14. The number of hydrogen-bond donors (Lipinski definition) is 3. The molecule has 0 amide bonds. The maximum atomic E-state index is 11.1. The Labute approximate surface area is 96.1 Å². The Morgan fingerprint density at radius 1 is 1.18 bits per heavy atom. The SMILES string of the molecule is CC(=O)c1cc(S(=O)(=O)O)cc(C(=O)O)c1O. The summed E-state index contributed by atoms with van der Waals surface area (Å²) in [6.45, 7) is 1.02. The van der Waals surface area contributed by atoms with Crippen molar-refractivity contribution in [2.75, 3.05) is 0 Å². The molecule has 1 aromatic rings. The Kier molecular flexibility index (Phi) is 3.21. The fourth-order valence-corrected chi connectivity index (χ4v) is 1.72. The lowest BCUT2D eigenvalue weighted by Crippen LogP contribution is -2.07. The van der Waals surface area contributed by atoms with E-state index in [4.69, 9.17) is 9.66 Å². The van der Waals surface area contributed by atoms with E-state index in [-0.39, 0.29) is 0 Å². The minimum atomic E-state index is -4.66. The Morgan fingerprint density at radius 2 is 1.65 bits per heavy atom. The maximum absolute atomic E-state index is 11.1. The predicted octanol–water partition coefficient (Wildman–Crippen LogP) is 0.540. The highest BCUT2D eigenvalue weighted by Crippen LogP contribution is 2.27. The van der Waals surface area contributed by atoms with Crippen LogP contribution in [-0.4, -0.2) is 34.9 Å². The van der Waals surface area contributed by atoms with Gasteiger partial charge in [0.15, 0.2) is 5.78 Å². The summed E-state index contributed by atoms with van der Waals surface area (Å²) in [4.78, 5) is 21.1. The molecule has 1 rings (SSSR count). The van der Waals surface area contributed by atoms with E-state index in [1.165, 1.54) is 0 Å². The lowest BCUT2D eigenvalue weighted by Gasteiger charge is -2.07. The van der Waals surface area contributed by atoms with Crippen LogP contribution in [-0.2, 0) is 10.1 Å². The lowest BCUT2D eigenvalue weighted by atomic mass is 10.1. The zero-order valence-electron chi connectivity index (χ0n) is 8.54. The number of aromatic hydroxyl groups is 1. The zero-order valence-corrected chi connectivity index (χ0v) is 9.35. The summed E-state index contributed by atoms with van der Waals surface area (Å²) in [6, 6.07) is 1.28. The second kappa shape index (κ2) is 4.15. The highest BCUT2D eigenvalue weighted by atomic mass is 32.2. The van der Waals surface area contributed by atoms with Crippen molar-refractivity contribution < 1.29 is 32.8 Å². The number of benzene rings is 1. The Balaban J connectivity index is 3.71. The van der Waals surface area contributed by atoms with Gasteiger partial charge in [-0.2, -0.15) is 8.42 Å². The van der Waals surface area contributed by atoms with Gasteiger partial charge in [-0.1, -0.05) is 0 Å². The lowest BCUT2D eigenvalue weighted by molar-refractivity contribution is 0.0693. The molecule has 3 N–H and O–H groups in total. The number of hydrogen-bond acceptors (Lipinski definition) is 5. The van der Waals surface area contributed by atoms with Gasteiger partial charge in [-0.15, -0.1) is 0 Å². The van der Waals surface area contributed by atoms with E-state index in [2.05, 4.69) is 0 Å². The monoisotopic (exact) mass is 260 g/mol. The number of carbonyl (C=O) groups is 2. The van der Waals surface area contributed by atoms with Crippen molar-refractivity contribution >= 4 is 21.9 Å². The summed E-state index contributed by atoms with van der Waals surface area (Å²) in [5, 5.41) is 18.2. The number of aromatic carboxylic acids is 1. The quantitative estimate of drug-likeness (QED) is 0.534. The molecular weight excluding hydrogens is 252 g/mol. The molecule has 0 atom stereocenters. The van der Waals surface area contributed by atoms with Gasteiger partial charge in [0.05, 0.1) is 10.5 Å². The van der Waals surface area contributed by atoms with Crippen molar-refractivity contribution in [3.8, 4) is 5.75 Å². The van der Waals surface area contributed by atoms with E-state index >= 15 is 0 Å². The summed E-state index contributed by atoms with van der Waals surface area (Å²) >= 11 is 0. The van der Waals surface area contributed by atoms with Gasteiger partial charge in [-0.25, -0.2) is 4.79 Å². The molecule has 0 heterocycles. The number of carbonyl (C=O) groups excluding carboxylic acids is 1. The number of rotatable bonds is 3. The summed E-state index contributed by atoms with van der Waals surface area (Å²) in [5.74, 6) is -3.18. The molecule has 0 aliphatic rings. The number of ketones is 1. The second-order valence-corrected chi connectivity index (χ2v) is 4.62. The van der Waals surface area contributed by atoms with Gasteiger partial charge in [-0.05, 0) is 19.1 Å². The topological polar surface area (TPSA) is 129 Å².